The third-order valence-electron chi connectivity index (χ3n) is 2.50. The molecule has 0 bridgehead atoms. The Morgan fingerprint density at radius 2 is 2.07 bits per heavy atom. The molecule has 4 nitrogen and oxygen atoms in total. The van der Waals surface area contributed by atoms with E-state index in [-0.39, 0.29) is 12.5 Å². The van der Waals surface area contributed by atoms with E-state index in [1.165, 1.54) is 0 Å². The maximum absolute atomic E-state index is 10.3. The highest BCUT2D eigenvalue weighted by Crippen LogP contribution is 2.08. The van der Waals surface area contributed by atoms with E-state index in [0.717, 1.165) is 25.9 Å². The van der Waals surface area contributed by atoms with Crippen LogP contribution in [0.25, 0.3) is 0 Å². The molecule has 0 aliphatic carbocycles. The first-order valence-corrected chi connectivity index (χ1v) is 5.51. The molecule has 0 radical (unpaired) electrons. The molecule has 0 rings (SSSR count). The van der Waals surface area contributed by atoms with Crippen LogP contribution in [-0.4, -0.2) is 37.4 Å². The second-order valence-electron chi connectivity index (χ2n) is 4.08. The lowest BCUT2D eigenvalue weighted by molar-refractivity contribution is -0.137. The second-order valence-corrected chi connectivity index (χ2v) is 4.08. The van der Waals surface area contributed by atoms with Gasteiger partial charge in [-0.15, -0.1) is 0 Å². The van der Waals surface area contributed by atoms with E-state index >= 15 is 0 Å². The molecule has 0 aromatic carbocycles. The average molecular weight is 217 g/mol. The zero-order valence-electron chi connectivity index (χ0n) is 9.95. The van der Waals surface area contributed by atoms with E-state index in [4.69, 9.17) is 9.84 Å². The molecule has 0 saturated heterocycles. The predicted octanol–water partition coefficient (Wildman–Crippen LogP) is 1.50. The average Bonchev–Trinajstić information content (AvgIpc) is 2.21. The fraction of sp³-hybridized carbons (Fsp3) is 0.909. The summed E-state index contributed by atoms with van der Waals surface area (Å²) in [6, 6.07) is 0. The first-order valence-electron chi connectivity index (χ1n) is 5.51. The van der Waals surface area contributed by atoms with Crippen molar-refractivity contribution in [2.24, 2.45) is 5.92 Å². The number of methoxy groups -OCH3 is 1. The van der Waals surface area contributed by atoms with Crippen LogP contribution >= 0.6 is 0 Å². The normalized spacial score (nSPS) is 14.9. The summed E-state index contributed by atoms with van der Waals surface area (Å²) in [5.41, 5.74) is 0. The molecule has 2 atom stereocenters. The van der Waals surface area contributed by atoms with Gasteiger partial charge in [0.2, 0.25) is 0 Å². The fourth-order valence-electron chi connectivity index (χ4n) is 1.25. The van der Waals surface area contributed by atoms with Crippen molar-refractivity contribution in [2.45, 2.75) is 39.2 Å². The second kappa shape index (κ2) is 8.68. The van der Waals surface area contributed by atoms with Crippen molar-refractivity contribution >= 4 is 5.97 Å². The van der Waals surface area contributed by atoms with Crippen LogP contribution in [0.3, 0.4) is 0 Å². The minimum absolute atomic E-state index is 0.235. The summed E-state index contributed by atoms with van der Waals surface area (Å²) in [5, 5.41) is 11.8. The molecule has 2 N–H and O–H groups in total. The van der Waals surface area contributed by atoms with Crippen LogP contribution in [0.15, 0.2) is 0 Å². The van der Waals surface area contributed by atoms with Crippen molar-refractivity contribution in [3.05, 3.63) is 0 Å². The Balaban J connectivity index is 3.31. The zero-order valence-corrected chi connectivity index (χ0v) is 9.95. The molecule has 0 heterocycles. The lowest BCUT2D eigenvalue weighted by Crippen LogP contribution is -2.27. The largest absolute Gasteiger partial charge is 0.481 e. The molecule has 15 heavy (non-hydrogen) atoms. The topological polar surface area (TPSA) is 58.6 Å². The van der Waals surface area contributed by atoms with E-state index in [1.54, 1.807) is 7.11 Å². The Labute approximate surface area is 92.0 Å². The summed E-state index contributed by atoms with van der Waals surface area (Å²) in [6.45, 7) is 5.88. The minimum atomic E-state index is -0.706. The van der Waals surface area contributed by atoms with Gasteiger partial charge in [0.25, 0.3) is 0 Å². The molecule has 0 fully saturated rings. The van der Waals surface area contributed by atoms with Crippen molar-refractivity contribution in [3.8, 4) is 0 Å². The van der Waals surface area contributed by atoms with E-state index in [9.17, 15) is 4.79 Å². The van der Waals surface area contributed by atoms with E-state index in [2.05, 4.69) is 12.2 Å². The standard InChI is InChI=1S/C11H23NO3/c1-9(4-5-11(13)14)6-7-12-8-10(2)15-3/h9-10,12H,4-8H2,1-3H3,(H,13,14). The Morgan fingerprint density at radius 1 is 1.40 bits per heavy atom. The number of hydrogen-bond donors (Lipinski definition) is 2. The molecule has 0 spiro atoms. The molecule has 0 saturated carbocycles. The van der Waals surface area contributed by atoms with Gasteiger partial charge in [0, 0.05) is 20.1 Å². The Morgan fingerprint density at radius 3 is 2.60 bits per heavy atom. The third kappa shape index (κ3) is 9.69. The van der Waals surface area contributed by atoms with Crippen molar-refractivity contribution in [1.29, 1.82) is 0 Å². The smallest absolute Gasteiger partial charge is 0.303 e. The summed E-state index contributed by atoms with van der Waals surface area (Å²) in [7, 11) is 1.70. The monoisotopic (exact) mass is 217 g/mol. The van der Waals surface area contributed by atoms with Crippen molar-refractivity contribution in [2.75, 3.05) is 20.2 Å². The molecule has 2 unspecified atom stereocenters. The first kappa shape index (κ1) is 14.4. The van der Waals surface area contributed by atoms with Crippen molar-refractivity contribution in [1.82, 2.24) is 5.32 Å². The summed E-state index contributed by atoms with van der Waals surface area (Å²) < 4.78 is 5.10. The van der Waals surface area contributed by atoms with Gasteiger partial charge >= 0.3 is 5.97 Å². The van der Waals surface area contributed by atoms with Gasteiger partial charge in [-0.25, -0.2) is 0 Å². The van der Waals surface area contributed by atoms with Crippen molar-refractivity contribution in [3.63, 3.8) is 0 Å². The van der Waals surface area contributed by atoms with Gasteiger partial charge < -0.3 is 15.2 Å². The Bertz CT molecular complexity index is 173. The van der Waals surface area contributed by atoms with Crippen LogP contribution in [0, 0.1) is 5.92 Å². The highest BCUT2D eigenvalue weighted by atomic mass is 16.5. The Kier molecular flexibility index (Phi) is 8.33. The summed E-state index contributed by atoms with van der Waals surface area (Å²) in [6.07, 6.45) is 2.29. The molecule has 90 valence electrons. The number of aliphatic carboxylic acids is 1. The van der Waals surface area contributed by atoms with Crippen molar-refractivity contribution < 1.29 is 14.6 Å². The van der Waals surface area contributed by atoms with Gasteiger partial charge in [-0.05, 0) is 32.2 Å². The third-order valence-corrected chi connectivity index (χ3v) is 2.50. The lowest BCUT2D eigenvalue weighted by atomic mass is 10.0. The van der Waals surface area contributed by atoms with Gasteiger partial charge in [0.05, 0.1) is 6.10 Å². The SMILES string of the molecule is COC(C)CNCCC(C)CCC(=O)O. The molecular formula is C11H23NO3. The highest BCUT2D eigenvalue weighted by molar-refractivity contribution is 5.66. The maximum Gasteiger partial charge on any atom is 0.303 e. The molecular weight excluding hydrogens is 194 g/mol. The molecule has 0 amide bonds. The van der Waals surface area contributed by atoms with Crippen LogP contribution in [0.4, 0.5) is 0 Å². The van der Waals surface area contributed by atoms with Gasteiger partial charge in [-0.3, -0.25) is 4.79 Å². The van der Waals surface area contributed by atoms with E-state index in [1.807, 2.05) is 6.92 Å². The molecule has 4 heteroatoms. The summed E-state index contributed by atoms with van der Waals surface area (Å²) >= 11 is 0. The molecule has 0 aromatic heterocycles. The number of carboxylic acid groups (broad SMARTS) is 1. The van der Waals surface area contributed by atoms with E-state index in [0.29, 0.717) is 5.92 Å². The highest BCUT2D eigenvalue weighted by Gasteiger charge is 2.05. The number of rotatable bonds is 9. The number of carboxylic acids is 1. The van der Waals surface area contributed by atoms with Gasteiger partial charge in [-0.2, -0.15) is 0 Å². The molecule has 0 aliphatic heterocycles. The minimum Gasteiger partial charge on any atom is -0.481 e. The zero-order chi connectivity index (χ0) is 11.7. The fourth-order valence-corrected chi connectivity index (χ4v) is 1.25. The van der Waals surface area contributed by atoms with Crippen LogP contribution < -0.4 is 5.32 Å². The number of carbonyl (C=O) groups is 1. The summed E-state index contributed by atoms with van der Waals surface area (Å²) in [4.78, 5) is 10.3. The van der Waals surface area contributed by atoms with Gasteiger partial charge in [0.1, 0.15) is 0 Å². The number of ether oxygens (including phenoxy) is 1. The van der Waals surface area contributed by atoms with Crippen LogP contribution in [0.5, 0.6) is 0 Å². The quantitative estimate of drug-likeness (QED) is 0.575. The lowest BCUT2D eigenvalue weighted by Gasteiger charge is -2.13. The Hall–Kier alpha value is -0.610. The predicted molar refractivity (Wildman–Crippen MR) is 60.0 cm³/mol. The van der Waals surface area contributed by atoms with Crippen LogP contribution in [0.1, 0.15) is 33.1 Å². The molecule has 0 aromatic rings. The number of nitrogens with one attached hydrogen (secondary N) is 1. The van der Waals surface area contributed by atoms with Crippen LogP contribution in [0.2, 0.25) is 0 Å². The number of hydrogen-bond acceptors (Lipinski definition) is 3. The van der Waals surface area contributed by atoms with Gasteiger partial charge in [-0.1, -0.05) is 6.92 Å². The summed E-state index contributed by atoms with van der Waals surface area (Å²) in [5.74, 6) is -0.241. The first-order chi connectivity index (χ1) is 7.06. The maximum atomic E-state index is 10.3. The van der Waals surface area contributed by atoms with E-state index < -0.39 is 5.97 Å². The van der Waals surface area contributed by atoms with Gasteiger partial charge in [0.15, 0.2) is 0 Å². The van der Waals surface area contributed by atoms with Crippen LogP contribution in [-0.2, 0) is 9.53 Å². The molecule has 0 aliphatic rings.